The van der Waals surface area contributed by atoms with E-state index in [0.29, 0.717) is 37.0 Å². The minimum atomic E-state index is -3.51. The smallest absolute Gasteiger partial charge is 0.306 e. The molecule has 1 aromatic carbocycles. The molecule has 4 saturated carbocycles. The average Bonchev–Trinajstić information content (AvgIpc) is 2.77. The molecule has 7 nitrogen and oxygen atoms in total. The highest BCUT2D eigenvalue weighted by atomic mass is 79.9. The van der Waals surface area contributed by atoms with Crippen LogP contribution >= 0.6 is 15.9 Å². The van der Waals surface area contributed by atoms with Crippen LogP contribution in [0.15, 0.2) is 29.2 Å². The van der Waals surface area contributed by atoms with E-state index in [1.807, 2.05) is 0 Å². The quantitative estimate of drug-likeness (QED) is 0.398. The van der Waals surface area contributed by atoms with E-state index in [9.17, 15) is 18.0 Å². The molecular formula is C25H33BrN2O5S. The van der Waals surface area contributed by atoms with Gasteiger partial charge in [0.25, 0.3) is 5.91 Å². The Balaban J connectivity index is 1.11. The number of ether oxygens (including phenoxy) is 1. The fraction of sp³-hybridized carbons (Fsp3) is 0.680. The molecule has 1 aliphatic heterocycles. The van der Waals surface area contributed by atoms with Crippen molar-refractivity contribution in [2.24, 2.45) is 17.3 Å². The average molecular weight is 554 g/mol. The number of hydrogen-bond donors (Lipinski definition) is 1. The van der Waals surface area contributed by atoms with Crippen molar-refractivity contribution in [1.29, 1.82) is 0 Å². The summed E-state index contributed by atoms with van der Waals surface area (Å²) in [5.74, 6) is 0.649. The molecule has 2 unspecified atom stereocenters. The minimum absolute atomic E-state index is 0.0107. The third kappa shape index (κ3) is 5.07. The van der Waals surface area contributed by atoms with Crippen molar-refractivity contribution in [2.75, 3.05) is 25.0 Å². The number of esters is 1. The number of halogens is 1. The summed E-state index contributed by atoms with van der Waals surface area (Å²) in [6, 6.07) is 6.16. The highest BCUT2D eigenvalue weighted by Gasteiger charge is 2.57. The maximum Gasteiger partial charge on any atom is 0.306 e. The first-order chi connectivity index (χ1) is 16.1. The maximum absolute atomic E-state index is 12.8. The lowest BCUT2D eigenvalue weighted by Crippen LogP contribution is -2.53. The lowest BCUT2D eigenvalue weighted by Gasteiger charge is -2.60. The SMILES string of the molecule is O=C(COC(=O)CC12CC3CC(CC(Br)(C3)C1)C2)Nc1ccc(S(=O)(=O)N2CCCCC2)cc1. The zero-order valence-corrected chi connectivity index (χ0v) is 21.8. The van der Waals surface area contributed by atoms with Crippen molar-refractivity contribution in [2.45, 2.75) is 73.4 Å². The van der Waals surface area contributed by atoms with E-state index in [1.165, 1.54) is 35.7 Å². The number of anilines is 1. The molecule has 0 aromatic heterocycles. The number of hydrogen-bond acceptors (Lipinski definition) is 5. The van der Waals surface area contributed by atoms with Crippen LogP contribution in [-0.2, 0) is 24.3 Å². The van der Waals surface area contributed by atoms with Gasteiger partial charge >= 0.3 is 5.97 Å². The number of amides is 1. The molecule has 6 rings (SSSR count). The summed E-state index contributed by atoms with van der Waals surface area (Å²) in [5.41, 5.74) is 0.484. The Hall–Kier alpha value is -1.45. The molecule has 4 aliphatic carbocycles. The van der Waals surface area contributed by atoms with Gasteiger partial charge in [-0.1, -0.05) is 22.4 Å². The Morgan fingerprint density at radius 1 is 1.03 bits per heavy atom. The van der Waals surface area contributed by atoms with Crippen LogP contribution in [0.2, 0.25) is 0 Å². The van der Waals surface area contributed by atoms with E-state index in [1.54, 1.807) is 12.1 Å². The Morgan fingerprint density at radius 3 is 2.29 bits per heavy atom. The van der Waals surface area contributed by atoms with Gasteiger partial charge in [0, 0.05) is 23.1 Å². The molecular weight excluding hydrogens is 520 g/mol. The van der Waals surface area contributed by atoms with Gasteiger partial charge in [0.1, 0.15) is 0 Å². The number of carbonyl (C=O) groups is 2. The number of carbonyl (C=O) groups excluding carboxylic acids is 2. The van der Waals surface area contributed by atoms with Crippen LogP contribution in [0.25, 0.3) is 0 Å². The lowest BCUT2D eigenvalue weighted by atomic mass is 9.49. The number of alkyl halides is 1. The van der Waals surface area contributed by atoms with Crippen LogP contribution in [-0.4, -0.2) is 48.6 Å². The van der Waals surface area contributed by atoms with E-state index in [-0.39, 0.29) is 27.2 Å². The number of benzene rings is 1. The van der Waals surface area contributed by atoms with Crippen LogP contribution < -0.4 is 5.32 Å². The molecule has 9 heteroatoms. The summed E-state index contributed by atoms with van der Waals surface area (Å²) < 4.78 is 32.6. The molecule has 34 heavy (non-hydrogen) atoms. The lowest BCUT2D eigenvalue weighted by molar-refractivity contribution is -0.153. The van der Waals surface area contributed by atoms with Crippen molar-refractivity contribution in [3.05, 3.63) is 24.3 Å². The Labute approximate surface area is 210 Å². The number of nitrogens with one attached hydrogen (secondary N) is 1. The second-order valence-corrected chi connectivity index (χ2v) is 14.6. The molecule has 1 heterocycles. The number of rotatable bonds is 7. The molecule has 186 valence electrons. The first kappa shape index (κ1) is 24.3. The summed E-state index contributed by atoms with van der Waals surface area (Å²) in [4.78, 5) is 25.2. The molecule has 1 aromatic rings. The molecule has 4 bridgehead atoms. The van der Waals surface area contributed by atoms with Gasteiger partial charge in [0.05, 0.1) is 11.3 Å². The second-order valence-electron chi connectivity index (χ2n) is 11.0. The van der Waals surface area contributed by atoms with Gasteiger partial charge in [0.15, 0.2) is 6.61 Å². The summed E-state index contributed by atoms with van der Waals surface area (Å²) >= 11 is 3.96. The molecule has 2 atom stereocenters. The fourth-order valence-electron chi connectivity index (χ4n) is 7.21. The molecule has 1 amide bonds. The number of piperidine rings is 1. The van der Waals surface area contributed by atoms with Gasteiger partial charge < -0.3 is 10.1 Å². The van der Waals surface area contributed by atoms with Crippen LogP contribution in [0.3, 0.4) is 0 Å². The normalized spacial score (nSPS) is 33.0. The Morgan fingerprint density at radius 2 is 1.68 bits per heavy atom. The van der Waals surface area contributed by atoms with Gasteiger partial charge in [-0.2, -0.15) is 4.31 Å². The molecule has 5 fully saturated rings. The molecule has 1 N–H and O–H groups in total. The zero-order valence-electron chi connectivity index (χ0n) is 19.4. The summed E-state index contributed by atoms with van der Waals surface area (Å²) in [6.07, 6.45) is 10.1. The third-order valence-electron chi connectivity index (χ3n) is 8.09. The largest absolute Gasteiger partial charge is 0.456 e. The molecule has 5 aliphatic rings. The van der Waals surface area contributed by atoms with Gasteiger partial charge in [-0.15, -0.1) is 0 Å². The van der Waals surface area contributed by atoms with Crippen molar-refractivity contribution in [1.82, 2.24) is 4.31 Å². The first-order valence-electron chi connectivity index (χ1n) is 12.4. The summed E-state index contributed by atoms with van der Waals surface area (Å²) in [5, 5.41) is 2.69. The number of nitrogens with zero attached hydrogens (tertiary/aromatic N) is 1. The molecule has 0 spiro atoms. The minimum Gasteiger partial charge on any atom is -0.456 e. The number of sulfonamides is 1. The summed E-state index contributed by atoms with van der Waals surface area (Å²) in [6.45, 7) is 0.756. The second kappa shape index (κ2) is 9.21. The van der Waals surface area contributed by atoms with Crippen LogP contribution in [0, 0.1) is 17.3 Å². The van der Waals surface area contributed by atoms with Crippen molar-refractivity contribution in [3.8, 4) is 0 Å². The van der Waals surface area contributed by atoms with Gasteiger partial charge in [0.2, 0.25) is 10.0 Å². The summed E-state index contributed by atoms with van der Waals surface area (Å²) in [7, 11) is -3.51. The Kier molecular flexibility index (Phi) is 6.57. The van der Waals surface area contributed by atoms with Gasteiger partial charge in [-0.05, 0) is 92.9 Å². The zero-order chi connectivity index (χ0) is 24.0. The van der Waals surface area contributed by atoms with Crippen molar-refractivity contribution in [3.63, 3.8) is 0 Å². The van der Waals surface area contributed by atoms with E-state index in [0.717, 1.165) is 38.5 Å². The van der Waals surface area contributed by atoms with Gasteiger partial charge in [-0.3, -0.25) is 9.59 Å². The Bertz CT molecular complexity index is 1040. The fourth-order valence-corrected chi connectivity index (χ4v) is 10.2. The standard InChI is InChI=1S/C25H33BrN2O5S/c26-25-13-18-10-19(14-25)12-24(11-18,17-25)15-23(30)33-16-22(29)27-20-4-6-21(7-5-20)34(31,32)28-8-2-1-3-9-28/h4-7,18-19H,1-3,8-17H2,(H,27,29). The van der Waals surface area contributed by atoms with E-state index < -0.39 is 15.9 Å². The van der Waals surface area contributed by atoms with Crippen molar-refractivity contribution < 1.29 is 22.7 Å². The van der Waals surface area contributed by atoms with Crippen LogP contribution in [0.4, 0.5) is 5.69 Å². The van der Waals surface area contributed by atoms with E-state index >= 15 is 0 Å². The third-order valence-corrected chi connectivity index (χ3v) is 10.9. The van der Waals surface area contributed by atoms with Crippen molar-refractivity contribution >= 4 is 43.5 Å². The van der Waals surface area contributed by atoms with E-state index in [4.69, 9.17) is 4.74 Å². The first-order valence-corrected chi connectivity index (χ1v) is 14.6. The predicted molar refractivity (Wildman–Crippen MR) is 132 cm³/mol. The molecule has 1 saturated heterocycles. The maximum atomic E-state index is 12.8. The molecule has 0 radical (unpaired) electrons. The monoisotopic (exact) mass is 552 g/mol. The van der Waals surface area contributed by atoms with Crippen LogP contribution in [0.1, 0.15) is 64.2 Å². The highest BCUT2D eigenvalue weighted by molar-refractivity contribution is 9.10. The van der Waals surface area contributed by atoms with Crippen LogP contribution in [0.5, 0.6) is 0 Å². The highest BCUT2D eigenvalue weighted by Crippen LogP contribution is 2.65. The van der Waals surface area contributed by atoms with Gasteiger partial charge in [-0.25, -0.2) is 8.42 Å². The topological polar surface area (TPSA) is 92.8 Å². The predicted octanol–water partition coefficient (Wildman–Crippen LogP) is 4.47. The van der Waals surface area contributed by atoms with E-state index in [2.05, 4.69) is 21.2 Å².